The molecular weight excluding hydrogens is 184 g/mol. The maximum Gasteiger partial charge on any atom is 0.150 e. The molecule has 0 spiro atoms. The molecule has 70 valence electrons. The Hall–Kier alpha value is -0.820. The van der Waals surface area contributed by atoms with Crippen molar-refractivity contribution in [1.29, 1.82) is 0 Å². The molecule has 13 heavy (non-hydrogen) atoms. The summed E-state index contributed by atoms with van der Waals surface area (Å²) in [5.74, 6) is 0. The lowest BCUT2D eigenvalue weighted by atomic mass is 10.1. The minimum Gasteiger partial charge on any atom is -0.298 e. The second-order valence-electron chi connectivity index (χ2n) is 3.07. The molecule has 0 fully saturated rings. The second kappa shape index (κ2) is 5.03. The van der Waals surface area contributed by atoms with E-state index in [2.05, 4.69) is 6.92 Å². The summed E-state index contributed by atoms with van der Waals surface area (Å²) in [4.78, 5) is 10.4. The molecule has 0 saturated carbocycles. The SMILES string of the molecule is CCCCc1ccc(C=O)cc1Cl. The van der Waals surface area contributed by atoms with Crippen LogP contribution in [0.4, 0.5) is 0 Å². The highest BCUT2D eigenvalue weighted by Crippen LogP contribution is 2.19. The molecule has 0 amide bonds. The molecule has 1 aromatic carbocycles. The molecule has 0 aliphatic carbocycles. The Morgan fingerprint density at radius 3 is 2.77 bits per heavy atom. The molecule has 1 rings (SSSR count). The summed E-state index contributed by atoms with van der Waals surface area (Å²) in [5, 5.41) is 0.707. The fraction of sp³-hybridized carbons (Fsp3) is 0.364. The maximum atomic E-state index is 10.4. The summed E-state index contributed by atoms with van der Waals surface area (Å²) < 4.78 is 0. The largest absolute Gasteiger partial charge is 0.298 e. The first kappa shape index (κ1) is 10.3. The van der Waals surface area contributed by atoms with E-state index in [0.717, 1.165) is 31.1 Å². The molecule has 0 unspecified atom stereocenters. The van der Waals surface area contributed by atoms with Crippen LogP contribution in [0.15, 0.2) is 18.2 Å². The first-order valence-electron chi connectivity index (χ1n) is 4.51. The van der Waals surface area contributed by atoms with Gasteiger partial charge in [-0.25, -0.2) is 0 Å². The van der Waals surface area contributed by atoms with Gasteiger partial charge in [-0.15, -0.1) is 0 Å². The average Bonchev–Trinajstić information content (AvgIpc) is 2.16. The monoisotopic (exact) mass is 196 g/mol. The fourth-order valence-corrected chi connectivity index (χ4v) is 1.49. The van der Waals surface area contributed by atoms with E-state index in [1.54, 1.807) is 6.07 Å². The van der Waals surface area contributed by atoms with Crippen LogP contribution >= 0.6 is 11.6 Å². The Morgan fingerprint density at radius 2 is 2.23 bits per heavy atom. The topological polar surface area (TPSA) is 17.1 Å². The molecule has 0 radical (unpaired) electrons. The lowest BCUT2D eigenvalue weighted by Crippen LogP contribution is -1.88. The number of carbonyl (C=O) groups excluding carboxylic acids is 1. The van der Waals surface area contributed by atoms with Gasteiger partial charge in [-0.3, -0.25) is 4.79 Å². The minimum absolute atomic E-state index is 0.644. The molecule has 1 nitrogen and oxygen atoms in total. The quantitative estimate of drug-likeness (QED) is 0.674. The van der Waals surface area contributed by atoms with Gasteiger partial charge in [0.1, 0.15) is 6.29 Å². The molecule has 2 heteroatoms. The van der Waals surface area contributed by atoms with Gasteiger partial charge >= 0.3 is 0 Å². The molecule has 0 aromatic heterocycles. The van der Waals surface area contributed by atoms with Gasteiger partial charge in [-0.05, 0) is 24.5 Å². The third-order valence-corrected chi connectivity index (χ3v) is 2.36. The summed E-state index contributed by atoms with van der Waals surface area (Å²) in [6.45, 7) is 2.15. The van der Waals surface area contributed by atoms with Gasteiger partial charge in [-0.1, -0.05) is 37.1 Å². The molecule has 0 atom stereocenters. The standard InChI is InChI=1S/C11H13ClO/c1-2-3-4-10-6-5-9(8-13)7-11(10)12/h5-8H,2-4H2,1H3. The van der Waals surface area contributed by atoms with Gasteiger partial charge < -0.3 is 0 Å². The highest BCUT2D eigenvalue weighted by Gasteiger charge is 2.00. The molecule has 0 saturated heterocycles. The summed E-state index contributed by atoms with van der Waals surface area (Å²) in [7, 11) is 0. The van der Waals surface area contributed by atoms with Gasteiger partial charge in [0.25, 0.3) is 0 Å². The van der Waals surface area contributed by atoms with Crippen molar-refractivity contribution in [1.82, 2.24) is 0 Å². The summed E-state index contributed by atoms with van der Waals surface area (Å²) in [6.07, 6.45) is 4.11. The van der Waals surface area contributed by atoms with Crippen molar-refractivity contribution in [3.05, 3.63) is 34.3 Å². The zero-order chi connectivity index (χ0) is 9.68. The Kier molecular flexibility index (Phi) is 3.97. The zero-order valence-corrected chi connectivity index (χ0v) is 8.47. The van der Waals surface area contributed by atoms with Crippen molar-refractivity contribution >= 4 is 17.9 Å². The summed E-state index contributed by atoms with van der Waals surface area (Å²) in [6, 6.07) is 5.46. The molecule has 0 bridgehead atoms. The van der Waals surface area contributed by atoms with Crippen LogP contribution in [0.2, 0.25) is 5.02 Å². The van der Waals surface area contributed by atoms with Gasteiger partial charge in [0.15, 0.2) is 0 Å². The number of carbonyl (C=O) groups is 1. The van der Waals surface area contributed by atoms with Gasteiger partial charge in [0.05, 0.1) is 0 Å². The lowest BCUT2D eigenvalue weighted by Gasteiger charge is -2.03. The lowest BCUT2D eigenvalue weighted by molar-refractivity contribution is 0.112. The molecule has 0 N–H and O–H groups in total. The van der Waals surface area contributed by atoms with Crippen LogP contribution in [0.1, 0.15) is 35.7 Å². The van der Waals surface area contributed by atoms with Crippen LogP contribution in [-0.2, 0) is 6.42 Å². The Labute approximate surface area is 83.7 Å². The Balaban J connectivity index is 2.79. The first-order valence-corrected chi connectivity index (χ1v) is 4.89. The highest BCUT2D eigenvalue weighted by molar-refractivity contribution is 6.31. The smallest absolute Gasteiger partial charge is 0.150 e. The van der Waals surface area contributed by atoms with Crippen LogP contribution in [-0.4, -0.2) is 6.29 Å². The van der Waals surface area contributed by atoms with Gasteiger partial charge in [0.2, 0.25) is 0 Å². The second-order valence-corrected chi connectivity index (χ2v) is 3.48. The van der Waals surface area contributed by atoms with Crippen LogP contribution in [0.25, 0.3) is 0 Å². The van der Waals surface area contributed by atoms with Crippen LogP contribution < -0.4 is 0 Å². The number of unbranched alkanes of at least 4 members (excludes halogenated alkanes) is 1. The molecular formula is C11H13ClO. The third kappa shape index (κ3) is 2.85. The number of rotatable bonds is 4. The van der Waals surface area contributed by atoms with Crippen molar-refractivity contribution < 1.29 is 4.79 Å². The van der Waals surface area contributed by atoms with Gasteiger partial charge in [0, 0.05) is 10.6 Å². The normalized spacial score (nSPS) is 10.0. The van der Waals surface area contributed by atoms with Crippen LogP contribution in [0.5, 0.6) is 0 Å². The van der Waals surface area contributed by atoms with Crippen LogP contribution in [0, 0.1) is 0 Å². The average molecular weight is 197 g/mol. The molecule has 0 aliphatic rings. The number of benzene rings is 1. The van der Waals surface area contributed by atoms with E-state index in [4.69, 9.17) is 11.6 Å². The highest BCUT2D eigenvalue weighted by atomic mass is 35.5. The summed E-state index contributed by atoms with van der Waals surface area (Å²) >= 11 is 5.99. The van der Waals surface area contributed by atoms with E-state index in [9.17, 15) is 4.79 Å². The van der Waals surface area contributed by atoms with Crippen molar-refractivity contribution in [3.63, 3.8) is 0 Å². The van der Waals surface area contributed by atoms with Gasteiger partial charge in [-0.2, -0.15) is 0 Å². The van der Waals surface area contributed by atoms with Crippen molar-refractivity contribution in [2.45, 2.75) is 26.2 Å². The predicted octanol–water partition coefficient (Wildman–Crippen LogP) is 3.50. The van der Waals surface area contributed by atoms with E-state index in [-0.39, 0.29) is 0 Å². The Bertz CT molecular complexity index is 294. The summed E-state index contributed by atoms with van der Waals surface area (Å²) in [5.41, 5.74) is 1.78. The van der Waals surface area contributed by atoms with E-state index in [1.807, 2.05) is 12.1 Å². The number of aldehydes is 1. The molecule has 0 heterocycles. The van der Waals surface area contributed by atoms with Crippen molar-refractivity contribution in [2.75, 3.05) is 0 Å². The molecule has 1 aromatic rings. The van der Waals surface area contributed by atoms with Crippen molar-refractivity contribution in [2.24, 2.45) is 0 Å². The number of aryl methyl sites for hydroxylation is 1. The zero-order valence-electron chi connectivity index (χ0n) is 7.72. The Morgan fingerprint density at radius 1 is 1.46 bits per heavy atom. The molecule has 0 aliphatic heterocycles. The van der Waals surface area contributed by atoms with E-state index >= 15 is 0 Å². The number of hydrogen-bond donors (Lipinski definition) is 0. The van der Waals surface area contributed by atoms with E-state index in [1.165, 1.54) is 0 Å². The predicted molar refractivity (Wildman–Crippen MR) is 55.5 cm³/mol. The maximum absolute atomic E-state index is 10.4. The number of halogens is 1. The minimum atomic E-state index is 0.644. The van der Waals surface area contributed by atoms with Crippen LogP contribution in [0.3, 0.4) is 0 Å². The fourth-order valence-electron chi connectivity index (χ4n) is 1.21. The van der Waals surface area contributed by atoms with Crippen molar-refractivity contribution in [3.8, 4) is 0 Å². The number of hydrogen-bond acceptors (Lipinski definition) is 1. The third-order valence-electron chi connectivity index (χ3n) is 2.01. The van der Waals surface area contributed by atoms with E-state index in [0.29, 0.717) is 10.6 Å². The van der Waals surface area contributed by atoms with E-state index < -0.39 is 0 Å². The first-order chi connectivity index (χ1) is 6.27.